The average molecular weight is 288 g/mol. The molecule has 21 heavy (non-hydrogen) atoms. The van der Waals surface area contributed by atoms with Gasteiger partial charge in [0, 0.05) is 13.6 Å². The summed E-state index contributed by atoms with van der Waals surface area (Å²) in [6, 6.07) is 7.81. The van der Waals surface area contributed by atoms with Crippen molar-refractivity contribution in [1.82, 2.24) is 20.2 Å². The van der Waals surface area contributed by atoms with E-state index in [0.29, 0.717) is 6.54 Å². The number of amides is 1. The van der Waals surface area contributed by atoms with Crippen LogP contribution in [0.4, 0.5) is 0 Å². The Kier molecular flexibility index (Phi) is 4.96. The third kappa shape index (κ3) is 3.42. The zero-order valence-corrected chi connectivity index (χ0v) is 13.2. The summed E-state index contributed by atoms with van der Waals surface area (Å²) >= 11 is 0. The Balaban J connectivity index is 2.10. The highest BCUT2D eigenvalue weighted by Gasteiger charge is 2.19. The van der Waals surface area contributed by atoms with Crippen LogP contribution in [-0.4, -0.2) is 28.0 Å². The Labute approximate surface area is 125 Å². The maximum absolute atomic E-state index is 11.9. The van der Waals surface area contributed by atoms with Crippen molar-refractivity contribution in [3.8, 4) is 0 Å². The van der Waals surface area contributed by atoms with Crippen LogP contribution in [-0.2, 0) is 11.8 Å². The van der Waals surface area contributed by atoms with Gasteiger partial charge in [-0.05, 0) is 32.4 Å². The third-order valence-electron chi connectivity index (χ3n) is 3.65. The fourth-order valence-corrected chi connectivity index (χ4v) is 2.48. The molecule has 2 rings (SSSR count). The van der Waals surface area contributed by atoms with Crippen LogP contribution in [0.15, 0.2) is 24.3 Å². The summed E-state index contributed by atoms with van der Waals surface area (Å²) < 4.78 is 2.07. The molecular formula is C16H24N4O. The van der Waals surface area contributed by atoms with E-state index in [-0.39, 0.29) is 18.0 Å². The molecule has 0 saturated heterocycles. The minimum Gasteiger partial charge on any atom is -0.355 e. The van der Waals surface area contributed by atoms with Gasteiger partial charge < -0.3 is 9.88 Å². The number of hydrogen-bond acceptors (Lipinski definition) is 3. The molecule has 114 valence electrons. The van der Waals surface area contributed by atoms with Crippen molar-refractivity contribution in [2.45, 2.75) is 39.3 Å². The summed E-state index contributed by atoms with van der Waals surface area (Å²) in [6.07, 6.45) is 0.943. The van der Waals surface area contributed by atoms with Gasteiger partial charge in [-0.15, -0.1) is 0 Å². The molecule has 2 N–H and O–H groups in total. The zero-order chi connectivity index (χ0) is 15.4. The molecule has 1 aromatic carbocycles. The number of rotatable bonds is 6. The molecule has 1 heterocycles. The van der Waals surface area contributed by atoms with E-state index in [1.54, 1.807) is 0 Å². The molecule has 2 atom stereocenters. The molecule has 1 amide bonds. The zero-order valence-electron chi connectivity index (χ0n) is 13.2. The first kappa shape index (κ1) is 15.5. The fraction of sp³-hybridized carbons (Fsp3) is 0.500. The highest BCUT2D eigenvalue weighted by molar-refractivity contribution is 5.81. The molecule has 0 aliphatic rings. The summed E-state index contributed by atoms with van der Waals surface area (Å²) in [5.41, 5.74) is 2.08. The topological polar surface area (TPSA) is 59.0 Å². The van der Waals surface area contributed by atoms with Gasteiger partial charge >= 0.3 is 0 Å². The molecule has 0 fully saturated rings. The van der Waals surface area contributed by atoms with E-state index in [9.17, 15) is 4.79 Å². The van der Waals surface area contributed by atoms with E-state index >= 15 is 0 Å². The van der Waals surface area contributed by atoms with Crippen molar-refractivity contribution in [3.63, 3.8) is 0 Å². The number of fused-ring (bicyclic) bond motifs is 1. The molecule has 1 aromatic heterocycles. The normalized spacial score (nSPS) is 14.1. The van der Waals surface area contributed by atoms with Crippen molar-refractivity contribution < 1.29 is 4.79 Å². The number of aryl methyl sites for hydroxylation is 1. The van der Waals surface area contributed by atoms with Gasteiger partial charge in [0.2, 0.25) is 5.91 Å². The first-order valence-corrected chi connectivity index (χ1v) is 7.49. The Morgan fingerprint density at radius 1 is 1.33 bits per heavy atom. The van der Waals surface area contributed by atoms with Crippen LogP contribution in [0.2, 0.25) is 0 Å². The molecule has 0 radical (unpaired) electrons. The number of benzene rings is 1. The monoisotopic (exact) mass is 288 g/mol. The number of imidazole rings is 1. The number of para-hydroxylation sites is 2. The number of hydrogen-bond donors (Lipinski definition) is 2. The second kappa shape index (κ2) is 6.72. The van der Waals surface area contributed by atoms with Crippen molar-refractivity contribution >= 4 is 16.9 Å². The molecule has 5 heteroatoms. The fourth-order valence-electron chi connectivity index (χ4n) is 2.48. The van der Waals surface area contributed by atoms with Crippen molar-refractivity contribution in [2.24, 2.45) is 7.05 Å². The second-order valence-corrected chi connectivity index (χ2v) is 5.42. The average Bonchev–Trinajstić information content (AvgIpc) is 2.82. The van der Waals surface area contributed by atoms with E-state index in [1.165, 1.54) is 0 Å². The van der Waals surface area contributed by atoms with E-state index < -0.39 is 0 Å². The summed E-state index contributed by atoms with van der Waals surface area (Å²) in [7, 11) is 2.00. The van der Waals surface area contributed by atoms with Gasteiger partial charge in [-0.25, -0.2) is 4.98 Å². The smallest absolute Gasteiger partial charge is 0.236 e. The van der Waals surface area contributed by atoms with E-state index in [4.69, 9.17) is 0 Å². The van der Waals surface area contributed by atoms with E-state index in [0.717, 1.165) is 23.3 Å². The van der Waals surface area contributed by atoms with Gasteiger partial charge in [-0.3, -0.25) is 10.1 Å². The number of aromatic nitrogens is 2. The highest BCUT2D eigenvalue weighted by atomic mass is 16.2. The Morgan fingerprint density at radius 2 is 2.05 bits per heavy atom. The lowest BCUT2D eigenvalue weighted by molar-refractivity contribution is -0.122. The minimum absolute atomic E-state index is 0.00442. The lowest BCUT2D eigenvalue weighted by atomic mass is 10.2. The van der Waals surface area contributed by atoms with Crippen LogP contribution in [0.5, 0.6) is 0 Å². The minimum atomic E-state index is -0.244. The standard InChI is InChI=1S/C16H24N4O/c1-5-10-17-16(21)12(3)18-11(2)15-19-13-8-6-7-9-14(13)20(15)4/h6-9,11-12,18H,5,10H2,1-4H3,(H,17,21). The van der Waals surface area contributed by atoms with E-state index in [1.807, 2.05) is 46.0 Å². The third-order valence-corrected chi connectivity index (χ3v) is 3.65. The predicted octanol–water partition coefficient (Wildman–Crippen LogP) is 2.14. The van der Waals surface area contributed by atoms with Crippen LogP contribution in [0.25, 0.3) is 11.0 Å². The molecule has 0 aliphatic carbocycles. The van der Waals surface area contributed by atoms with Crippen molar-refractivity contribution in [2.75, 3.05) is 6.54 Å². The number of nitrogens with zero attached hydrogens (tertiary/aromatic N) is 2. The van der Waals surface area contributed by atoms with Gasteiger partial charge in [0.15, 0.2) is 0 Å². The Bertz CT molecular complexity index is 620. The SMILES string of the molecule is CCCNC(=O)C(C)NC(C)c1nc2ccccc2n1C. The predicted molar refractivity (Wildman–Crippen MR) is 85.0 cm³/mol. The van der Waals surface area contributed by atoms with Crippen molar-refractivity contribution in [3.05, 3.63) is 30.1 Å². The highest BCUT2D eigenvalue weighted by Crippen LogP contribution is 2.19. The van der Waals surface area contributed by atoms with Crippen molar-refractivity contribution in [1.29, 1.82) is 0 Å². The maximum Gasteiger partial charge on any atom is 0.236 e. The Morgan fingerprint density at radius 3 is 2.71 bits per heavy atom. The lowest BCUT2D eigenvalue weighted by Gasteiger charge is -2.19. The maximum atomic E-state index is 11.9. The van der Waals surface area contributed by atoms with Crippen LogP contribution >= 0.6 is 0 Å². The van der Waals surface area contributed by atoms with Gasteiger partial charge in [0.05, 0.1) is 23.1 Å². The van der Waals surface area contributed by atoms with Gasteiger partial charge in [0.1, 0.15) is 5.82 Å². The van der Waals surface area contributed by atoms with Gasteiger partial charge in [-0.2, -0.15) is 0 Å². The van der Waals surface area contributed by atoms with E-state index in [2.05, 4.69) is 26.3 Å². The van der Waals surface area contributed by atoms with Crippen LogP contribution < -0.4 is 10.6 Å². The summed E-state index contributed by atoms with van der Waals surface area (Å²) in [5.74, 6) is 0.966. The number of carbonyl (C=O) groups excluding carboxylic acids is 1. The summed E-state index contributed by atoms with van der Waals surface area (Å²) in [5, 5.41) is 6.21. The molecule has 0 spiro atoms. The molecule has 2 aromatic rings. The second-order valence-electron chi connectivity index (χ2n) is 5.42. The summed E-state index contributed by atoms with van der Waals surface area (Å²) in [4.78, 5) is 16.6. The van der Waals surface area contributed by atoms with Crippen LogP contribution in [0.3, 0.4) is 0 Å². The first-order chi connectivity index (χ1) is 10.0. The number of nitrogens with one attached hydrogen (secondary N) is 2. The largest absolute Gasteiger partial charge is 0.355 e. The summed E-state index contributed by atoms with van der Waals surface area (Å²) in [6.45, 7) is 6.67. The first-order valence-electron chi connectivity index (χ1n) is 7.49. The van der Waals surface area contributed by atoms with Crippen LogP contribution in [0.1, 0.15) is 39.1 Å². The van der Waals surface area contributed by atoms with Gasteiger partial charge in [0.25, 0.3) is 0 Å². The lowest BCUT2D eigenvalue weighted by Crippen LogP contribution is -2.43. The Hall–Kier alpha value is -1.88. The molecule has 0 aliphatic heterocycles. The van der Waals surface area contributed by atoms with Crippen LogP contribution in [0, 0.1) is 0 Å². The molecular weight excluding hydrogens is 264 g/mol. The molecule has 2 unspecified atom stereocenters. The molecule has 0 bridgehead atoms. The number of carbonyl (C=O) groups is 1. The quantitative estimate of drug-likeness (QED) is 0.856. The molecule has 0 saturated carbocycles. The molecule has 5 nitrogen and oxygen atoms in total. The van der Waals surface area contributed by atoms with Gasteiger partial charge in [-0.1, -0.05) is 19.1 Å².